The molecule has 0 bridgehead atoms. The molecular weight excluding hydrogens is 273 g/mol. The molecule has 100 valence electrons. The molecule has 0 aromatic rings. The average molecular weight is 290 g/mol. The van der Waals surface area contributed by atoms with E-state index in [0.717, 1.165) is 0 Å². The SMILES string of the molecule is C=C(CCl)CC(C#N)(CC(=C)CCl)C(=O)OCC. The van der Waals surface area contributed by atoms with Crippen molar-refractivity contribution in [3.05, 3.63) is 24.3 Å². The largest absolute Gasteiger partial charge is 0.465 e. The van der Waals surface area contributed by atoms with E-state index in [9.17, 15) is 10.1 Å². The summed E-state index contributed by atoms with van der Waals surface area (Å²) >= 11 is 11.3. The predicted molar refractivity (Wildman–Crippen MR) is 73.6 cm³/mol. The molecule has 0 saturated heterocycles. The van der Waals surface area contributed by atoms with Crippen LogP contribution in [0, 0.1) is 16.7 Å². The first kappa shape index (κ1) is 17.0. The van der Waals surface area contributed by atoms with Gasteiger partial charge in [0.1, 0.15) is 0 Å². The second-order valence-electron chi connectivity index (χ2n) is 4.04. The van der Waals surface area contributed by atoms with E-state index >= 15 is 0 Å². The number of carbonyl (C=O) groups excluding carboxylic acids is 1. The Kier molecular flexibility index (Phi) is 7.73. The van der Waals surface area contributed by atoms with Crippen molar-refractivity contribution in [1.29, 1.82) is 5.26 Å². The maximum absolute atomic E-state index is 12.0. The third-order valence-electron chi connectivity index (χ3n) is 2.36. The van der Waals surface area contributed by atoms with Crippen molar-refractivity contribution in [2.24, 2.45) is 5.41 Å². The second-order valence-corrected chi connectivity index (χ2v) is 4.57. The van der Waals surface area contributed by atoms with E-state index in [2.05, 4.69) is 13.2 Å². The van der Waals surface area contributed by atoms with Crippen molar-refractivity contribution in [1.82, 2.24) is 0 Å². The fourth-order valence-electron chi connectivity index (χ4n) is 1.55. The number of nitrogens with zero attached hydrogens (tertiary/aromatic N) is 1. The van der Waals surface area contributed by atoms with Crippen molar-refractivity contribution in [2.45, 2.75) is 19.8 Å². The Bertz CT molecular complexity index is 354. The van der Waals surface area contributed by atoms with Gasteiger partial charge in [-0.25, -0.2) is 0 Å². The highest BCUT2D eigenvalue weighted by atomic mass is 35.5. The van der Waals surface area contributed by atoms with Gasteiger partial charge in [-0.15, -0.1) is 23.2 Å². The highest BCUT2D eigenvalue weighted by molar-refractivity contribution is 6.19. The van der Waals surface area contributed by atoms with E-state index in [0.29, 0.717) is 11.1 Å². The highest BCUT2D eigenvalue weighted by Gasteiger charge is 2.41. The zero-order valence-corrected chi connectivity index (χ0v) is 12.0. The summed E-state index contributed by atoms with van der Waals surface area (Å²) in [6, 6.07) is 2.02. The minimum atomic E-state index is -1.33. The van der Waals surface area contributed by atoms with Crippen molar-refractivity contribution >= 4 is 29.2 Å². The molecule has 3 nitrogen and oxygen atoms in total. The van der Waals surface area contributed by atoms with Crippen molar-refractivity contribution in [3.8, 4) is 6.07 Å². The van der Waals surface area contributed by atoms with E-state index in [-0.39, 0.29) is 31.2 Å². The number of halogens is 2. The molecule has 0 spiro atoms. The molecule has 0 N–H and O–H groups in total. The second kappa shape index (κ2) is 8.18. The number of nitriles is 1. The molecule has 0 saturated carbocycles. The first-order chi connectivity index (χ1) is 8.45. The number of allylic oxidation sites excluding steroid dienone is 2. The third kappa shape index (κ3) is 4.72. The normalized spacial score (nSPS) is 10.6. The Balaban J connectivity index is 5.20. The molecule has 0 amide bonds. The average Bonchev–Trinajstić information content (AvgIpc) is 2.37. The van der Waals surface area contributed by atoms with Crippen LogP contribution in [-0.2, 0) is 9.53 Å². The predicted octanol–water partition coefficient (Wildman–Crippen LogP) is 3.43. The number of rotatable bonds is 8. The molecule has 0 atom stereocenters. The lowest BCUT2D eigenvalue weighted by Gasteiger charge is -2.25. The van der Waals surface area contributed by atoms with Gasteiger partial charge in [0.25, 0.3) is 0 Å². The summed E-state index contributed by atoms with van der Waals surface area (Å²) in [5.74, 6) is -0.197. The van der Waals surface area contributed by atoms with Crippen molar-refractivity contribution < 1.29 is 9.53 Å². The first-order valence-electron chi connectivity index (χ1n) is 5.49. The highest BCUT2D eigenvalue weighted by Crippen LogP contribution is 2.34. The van der Waals surface area contributed by atoms with Crippen LogP contribution in [-0.4, -0.2) is 24.3 Å². The van der Waals surface area contributed by atoms with E-state index in [1.54, 1.807) is 6.92 Å². The number of alkyl halides is 2. The lowest BCUT2D eigenvalue weighted by Crippen LogP contribution is -2.33. The molecule has 0 heterocycles. The van der Waals surface area contributed by atoms with Gasteiger partial charge in [-0.3, -0.25) is 4.79 Å². The fourth-order valence-corrected chi connectivity index (χ4v) is 1.74. The number of hydrogen-bond donors (Lipinski definition) is 0. The Hall–Kier alpha value is -0.980. The van der Waals surface area contributed by atoms with Gasteiger partial charge in [-0.2, -0.15) is 5.26 Å². The first-order valence-corrected chi connectivity index (χ1v) is 6.56. The summed E-state index contributed by atoms with van der Waals surface area (Å²) in [5, 5.41) is 9.34. The summed E-state index contributed by atoms with van der Waals surface area (Å²) < 4.78 is 4.96. The number of ether oxygens (including phenoxy) is 1. The number of hydrogen-bond acceptors (Lipinski definition) is 3. The fraction of sp³-hybridized carbons (Fsp3) is 0.538. The summed E-state index contributed by atoms with van der Waals surface area (Å²) in [5.41, 5.74) is -0.115. The lowest BCUT2D eigenvalue weighted by atomic mass is 9.78. The van der Waals surface area contributed by atoms with Gasteiger partial charge in [0.05, 0.1) is 12.7 Å². The van der Waals surface area contributed by atoms with Crippen molar-refractivity contribution in [3.63, 3.8) is 0 Å². The molecule has 0 fully saturated rings. The zero-order chi connectivity index (χ0) is 14.2. The monoisotopic (exact) mass is 289 g/mol. The van der Waals surface area contributed by atoms with E-state index < -0.39 is 11.4 Å². The van der Waals surface area contributed by atoms with Gasteiger partial charge in [-0.05, 0) is 19.8 Å². The van der Waals surface area contributed by atoms with Crippen LogP contribution in [0.2, 0.25) is 0 Å². The number of carbonyl (C=O) groups is 1. The summed E-state index contributed by atoms with van der Waals surface area (Å²) in [6.07, 6.45) is 0.309. The number of esters is 1. The molecule has 0 aliphatic heterocycles. The Morgan fingerprint density at radius 2 is 1.72 bits per heavy atom. The summed E-state index contributed by atoms with van der Waals surface area (Å²) in [7, 11) is 0. The molecule has 0 radical (unpaired) electrons. The van der Waals surface area contributed by atoms with Crippen LogP contribution in [0.1, 0.15) is 19.8 Å². The molecule has 5 heteroatoms. The third-order valence-corrected chi connectivity index (χ3v) is 3.12. The standard InChI is InChI=1S/C13H17Cl2NO2/c1-4-18-12(17)13(9-16,5-10(2)7-14)6-11(3)8-15/h2-8H2,1H3. The Labute approximate surface area is 118 Å². The molecule has 0 rings (SSSR count). The van der Waals surface area contributed by atoms with Gasteiger partial charge in [0.2, 0.25) is 0 Å². The van der Waals surface area contributed by atoms with Gasteiger partial charge in [0, 0.05) is 11.8 Å². The molecule has 0 unspecified atom stereocenters. The van der Waals surface area contributed by atoms with Gasteiger partial charge >= 0.3 is 5.97 Å². The van der Waals surface area contributed by atoms with Crippen LogP contribution in [0.15, 0.2) is 24.3 Å². The summed E-state index contributed by atoms with van der Waals surface area (Å²) in [6.45, 7) is 9.35. The Morgan fingerprint density at radius 1 is 1.28 bits per heavy atom. The smallest absolute Gasteiger partial charge is 0.327 e. The van der Waals surface area contributed by atoms with E-state index in [4.69, 9.17) is 27.9 Å². The molecule has 0 aliphatic carbocycles. The minimum Gasteiger partial charge on any atom is -0.465 e. The van der Waals surface area contributed by atoms with Crippen molar-refractivity contribution in [2.75, 3.05) is 18.4 Å². The molecule has 0 aromatic heterocycles. The van der Waals surface area contributed by atoms with Crippen LogP contribution >= 0.6 is 23.2 Å². The van der Waals surface area contributed by atoms with Crippen LogP contribution in [0.5, 0.6) is 0 Å². The molecule has 0 aromatic carbocycles. The molecule has 0 aliphatic rings. The van der Waals surface area contributed by atoms with E-state index in [1.807, 2.05) is 6.07 Å². The maximum Gasteiger partial charge on any atom is 0.327 e. The lowest BCUT2D eigenvalue weighted by molar-refractivity contribution is -0.151. The van der Waals surface area contributed by atoms with Crippen LogP contribution in [0.25, 0.3) is 0 Å². The van der Waals surface area contributed by atoms with E-state index in [1.165, 1.54) is 0 Å². The van der Waals surface area contributed by atoms with Gasteiger partial charge < -0.3 is 4.74 Å². The zero-order valence-electron chi connectivity index (χ0n) is 10.5. The van der Waals surface area contributed by atoms with Gasteiger partial charge in [-0.1, -0.05) is 24.3 Å². The maximum atomic E-state index is 12.0. The van der Waals surface area contributed by atoms with Crippen LogP contribution in [0.3, 0.4) is 0 Å². The molecule has 18 heavy (non-hydrogen) atoms. The quantitative estimate of drug-likeness (QED) is 0.391. The Morgan fingerprint density at radius 3 is 2.00 bits per heavy atom. The molecular formula is C13H17Cl2NO2. The van der Waals surface area contributed by atoms with Crippen LogP contribution in [0.4, 0.5) is 0 Å². The minimum absolute atomic E-state index is 0.155. The van der Waals surface area contributed by atoms with Crippen LogP contribution < -0.4 is 0 Å². The topological polar surface area (TPSA) is 50.1 Å². The summed E-state index contributed by atoms with van der Waals surface area (Å²) in [4.78, 5) is 12.0. The van der Waals surface area contributed by atoms with Gasteiger partial charge in [0.15, 0.2) is 5.41 Å².